The van der Waals surface area contributed by atoms with E-state index in [1.54, 1.807) is 0 Å². The van der Waals surface area contributed by atoms with E-state index >= 15 is 0 Å². The number of hydrogen-bond acceptors (Lipinski definition) is 3. The number of β-amino-alcohol motifs (C(OH)–C–C–N with tert-alkyl or cyclic N) is 1. The number of aromatic nitrogens is 1. The maximum Gasteiger partial charge on any atom is 0.222 e. The third-order valence-electron chi connectivity index (χ3n) is 5.42. The number of carbonyl (C=O) groups excluding carboxylic acids is 1. The van der Waals surface area contributed by atoms with Gasteiger partial charge in [-0.3, -0.25) is 4.79 Å². The van der Waals surface area contributed by atoms with Crippen molar-refractivity contribution in [3.05, 3.63) is 24.5 Å². The molecule has 1 N–H and O–H groups in total. The van der Waals surface area contributed by atoms with E-state index in [9.17, 15) is 9.90 Å². The second-order valence-corrected chi connectivity index (χ2v) is 7.19. The fourth-order valence-corrected chi connectivity index (χ4v) is 4.26. The third kappa shape index (κ3) is 4.15. The molecule has 128 valence electrons. The SMILES string of the molecule is O=C1CCC2(CCCN(CCCn3cccc3)C2)CN1CCO. The van der Waals surface area contributed by atoms with Crippen LogP contribution >= 0.6 is 0 Å². The van der Waals surface area contributed by atoms with Crippen LogP contribution in [0.3, 0.4) is 0 Å². The molecule has 3 rings (SSSR count). The summed E-state index contributed by atoms with van der Waals surface area (Å²) in [6.07, 6.45) is 9.53. The first-order chi connectivity index (χ1) is 11.2. The third-order valence-corrected chi connectivity index (χ3v) is 5.42. The minimum Gasteiger partial charge on any atom is -0.395 e. The van der Waals surface area contributed by atoms with Crippen LogP contribution in [0.1, 0.15) is 32.1 Å². The minimum atomic E-state index is 0.0718. The first-order valence-electron chi connectivity index (χ1n) is 8.93. The highest BCUT2D eigenvalue weighted by atomic mass is 16.3. The fourth-order valence-electron chi connectivity index (χ4n) is 4.26. The van der Waals surface area contributed by atoms with Crippen molar-refractivity contribution in [1.82, 2.24) is 14.4 Å². The van der Waals surface area contributed by atoms with E-state index in [1.165, 1.54) is 25.8 Å². The molecule has 0 aromatic carbocycles. The summed E-state index contributed by atoms with van der Waals surface area (Å²) < 4.78 is 2.24. The number of carbonyl (C=O) groups is 1. The minimum absolute atomic E-state index is 0.0718. The standard InChI is InChI=1S/C18H29N3O2/c22-14-13-21-16-18(7-5-17(21)23)6-3-10-20(15-18)12-4-11-19-8-1-2-9-19/h1-2,8-9,22H,3-7,10-16H2. The van der Waals surface area contributed by atoms with Gasteiger partial charge in [0, 0.05) is 50.4 Å². The van der Waals surface area contributed by atoms with Crippen LogP contribution in [-0.2, 0) is 11.3 Å². The van der Waals surface area contributed by atoms with E-state index in [2.05, 4.69) is 34.0 Å². The van der Waals surface area contributed by atoms with Crippen molar-refractivity contribution in [2.45, 2.75) is 38.6 Å². The summed E-state index contributed by atoms with van der Waals surface area (Å²) in [5, 5.41) is 9.18. The van der Waals surface area contributed by atoms with Gasteiger partial charge in [0.1, 0.15) is 0 Å². The molecule has 1 spiro atoms. The maximum absolute atomic E-state index is 12.0. The number of aryl methyl sites for hydroxylation is 1. The average molecular weight is 319 g/mol. The van der Waals surface area contributed by atoms with Crippen molar-refractivity contribution < 1.29 is 9.90 Å². The topological polar surface area (TPSA) is 48.7 Å². The number of hydrogen-bond donors (Lipinski definition) is 1. The molecule has 3 heterocycles. The highest BCUT2D eigenvalue weighted by Gasteiger charge is 2.41. The Labute approximate surface area is 138 Å². The Balaban J connectivity index is 1.51. The largest absolute Gasteiger partial charge is 0.395 e. The van der Waals surface area contributed by atoms with Gasteiger partial charge in [0.2, 0.25) is 5.91 Å². The van der Waals surface area contributed by atoms with Crippen molar-refractivity contribution in [2.75, 3.05) is 39.3 Å². The van der Waals surface area contributed by atoms with Gasteiger partial charge in [-0.2, -0.15) is 0 Å². The quantitative estimate of drug-likeness (QED) is 0.866. The Bertz CT molecular complexity index is 502. The molecule has 5 nitrogen and oxygen atoms in total. The van der Waals surface area contributed by atoms with Crippen molar-refractivity contribution in [1.29, 1.82) is 0 Å². The number of rotatable bonds is 6. The van der Waals surface area contributed by atoms with Gasteiger partial charge in [0.15, 0.2) is 0 Å². The lowest BCUT2D eigenvalue weighted by Gasteiger charge is -2.48. The summed E-state index contributed by atoms with van der Waals surface area (Å²) in [6.45, 7) is 5.89. The van der Waals surface area contributed by atoms with E-state index in [4.69, 9.17) is 0 Å². The monoisotopic (exact) mass is 319 g/mol. The number of aliphatic hydroxyl groups is 1. The smallest absolute Gasteiger partial charge is 0.222 e. The zero-order valence-corrected chi connectivity index (χ0v) is 14.0. The van der Waals surface area contributed by atoms with Crippen molar-refractivity contribution in [3.8, 4) is 0 Å². The summed E-state index contributed by atoms with van der Waals surface area (Å²) in [4.78, 5) is 16.5. The second kappa shape index (κ2) is 7.49. The molecular weight excluding hydrogens is 290 g/mol. The molecule has 5 heteroatoms. The highest BCUT2D eigenvalue weighted by molar-refractivity contribution is 5.77. The summed E-state index contributed by atoms with van der Waals surface area (Å²) in [5.41, 5.74) is 0.259. The molecule has 1 aromatic heterocycles. The van der Waals surface area contributed by atoms with Gasteiger partial charge in [-0.1, -0.05) is 0 Å². The number of likely N-dealkylation sites (tertiary alicyclic amines) is 2. The number of amides is 1. The summed E-state index contributed by atoms with van der Waals surface area (Å²) in [5.74, 6) is 0.217. The summed E-state index contributed by atoms with van der Waals surface area (Å²) >= 11 is 0. The van der Waals surface area contributed by atoms with Crippen LogP contribution in [0.5, 0.6) is 0 Å². The zero-order chi connectivity index (χ0) is 16.1. The fraction of sp³-hybridized carbons (Fsp3) is 0.722. The van der Waals surface area contributed by atoms with Crippen LogP contribution in [0.2, 0.25) is 0 Å². The first kappa shape index (κ1) is 16.5. The lowest BCUT2D eigenvalue weighted by Crippen LogP contribution is -2.54. The Hall–Kier alpha value is -1.33. The van der Waals surface area contributed by atoms with Gasteiger partial charge in [-0.15, -0.1) is 0 Å². The molecule has 1 atom stereocenters. The number of nitrogens with zero attached hydrogens (tertiary/aromatic N) is 3. The van der Waals surface area contributed by atoms with Crippen LogP contribution in [0.15, 0.2) is 24.5 Å². The van der Waals surface area contributed by atoms with Gasteiger partial charge in [0.05, 0.1) is 6.61 Å². The Morgan fingerprint density at radius 2 is 1.91 bits per heavy atom. The van der Waals surface area contributed by atoms with Gasteiger partial charge >= 0.3 is 0 Å². The van der Waals surface area contributed by atoms with Crippen molar-refractivity contribution in [2.24, 2.45) is 5.41 Å². The van der Waals surface area contributed by atoms with E-state index in [-0.39, 0.29) is 17.9 Å². The predicted octanol–water partition coefficient (Wildman–Crippen LogP) is 1.58. The molecule has 1 amide bonds. The predicted molar refractivity (Wildman–Crippen MR) is 90.1 cm³/mol. The molecule has 0 saturated carbocycles. The van der Waals surface area contributed by atoms with Gasteiger partial charge < -0.3 is 19.5 Å². The molecule has 23 heavy (non-hydrogen) atoms. The Morgan fingerprint density at radius 1 is 1.09 bits per heavy atom. The zero-order valence-electron chi connectivity index (χ0n) is 14.0. The first-order valence-corrected chi connectivity index (χ1v) is 8.93. The average Bonchev–Trinajstić information content (AvgIpc) is 3.05. The van der Waals surface area contributed by atoms with Crippen LogP contribution < -0.4 is 0 Å². The lowest BCUT2D eigenvalue weighted by molar-refractivity contribution is -0.140. The van der Waals surface area contributed by atoms with E-state index in [0.29, 0.717) is 13.0 Å². The summed E-state index contributed by atoms with van der Waals surface area (Å²) in [7, 11) is 0. The molecule has 2 aliphatic rings. The van der Waals surface area contributed by atoms with Gasteiger partial charge in [0.25, 0.3) is 0 Å². The molecule has 1 unspecified atom stereocenters. The molecule has 2 aliphatic heterocycles. The van der Waals surface area contributed by atoms with Crippen LogP contribution in [0, 0.1) is 5.41 Å². The number of aliphatic hydroxyl groups excluding tert-OH is 1. The molecule has 0 bridgehead atoms. The summed E-state index contributed by atoms with van der Waals surface area (Å²) in [6, 6.07) is 4.15. The maximum atomic E-state index is 12.0. The Kier molecular flexibility index (Phi) is 5.38. The van der Waals surface area contributed by atoms with E-state index in [1.807, 2.05) is 4.90 Å². The van der Waals surface area contributed by atoms with Gasteiger partial charge in [-0.25, -0.2) is 0 Å². The van der Waals surface area contributed by atoms with E-state index < -0.39 is 0 Å². The Morgan fingerprint density at radius 3 is 2.70 bits per heavy atom. The molecular formula is C18H29N3O2. The van der Waals surface area contributed by atoms with Crippen molar-refractivity contribution in [3.63, 3.8) is 0 Å². The number of piperidine rings is 2. The molecule has 0 aliphatic carbocycles. The van der Waals surface area contributed by atoms with Crippen LogP contribution in [0.25, 0.3) is 0 Å². The molecule has 0 radical (unpaired) electrons. The normalized spacial score (nSPS) is 26.1. The second-order valence-electron chi connectivity index (χ2n) is 7.19. The van der Waals surface area contributed by atoms with Crippen LogP contribution in [0.4, 0.5) is 0 Å². The molecule has 2 fully saturated rings. The lowest BCUT2D eigenvalue weighted by atomic mass is 9.73. The van der Waals surface area contributed by atoms with Gasteiger partial charge in [-0.05, 0) is 50.9 Å². The van der Waals surface area contributed by atoms with Crippen molar-refractivity contribution >= 4 is 5.91 Å². The van der Waals surface area contributed by atoms with Crippen LogP contribution in [-0.4, -0.2) is 64.7 Å². The van der Waals surface area contributed by atoms with E-state index in [0.717, 1.165) is 32.6 Å². The molecule has 1 aromatic rings. The molecule has 2 saturated heterocycles. The highest BCUT2D eigenvalue weighted by Crippen LogP contribution is 2.38.